The quantitative estimate of drug-likeness (QED) is 0.0173. The number of alkyl halides is 2. The predicted molar refractivity (Wildman–Crippen MR) is 418 cm³/mol. The monoisotopic (exact) mass is 1770 g/mol. The van der Waals surface area contributed by atoms with E-state index in [1.807, 2.05) is 88.7 Å². The van der Waals surface area contributed by atoms with Crippen molar-refractivity contribution >= 4 is 143 Å². The Kier molecular flexibility index (Phi) is 43.9. The number of allylic oxidation sites excluding steroid dienone is 2. The molecule has 0 atom stereocenters. The van der Waals surface area contributed by atoms with Crippen molar-refractivity contribution in [3.63, 3.8) is 0 Å². The lowest BCUT2D eigenvalue weighted by Gasteiger charge is -2.08. The molecular weight excluding hydrogens is 1680 g/mol. The summed E-state index contributed by atoms with van der Waals surface area (Å²) in [5.74, 6) is 4.08. The first-order valence-electron chi connectivity index (χ1n) is 30.6. The Morgan fingerprint density at radius 3 is 1.12 bits per heavy atom. The molecule has 0 aliphatic heterocycles. The molecule has 516 valence electrons. The largest absolute Gasteiger partial charge is 0.321 e. The second kappa shape index (κ2) is 48.5. The van der Waals surface area contributed by atoms with Gasteiger partial charge in [0.25, 0.3) is 23.6 Å². The van der Waals surface area contributed by atoms with Crippen molar-refractivity contribution in [1.29, 1.82) is 0 Å². The number of carbonyl (C=O) groups is 4. The number of rotatable bonds is 17. The van der Waals surface area contributed by atoms with Crippen LogP contribution in [-0.4, -0.2) is 72.6 Å². The van der Waals surface area contributed by atoms with Crippen LogP contribution in [0, 0.1) is 82.8 Å². The summed E-state index contributed by atoms with van der Waals surface area (Å²) in [6.45, 7) is 18.5. The van der Waals surface area contributed by atoms with Crippen LogP contribution in [0.4, 0.5) is 40.3 Å². The summed E-state index contributed by atoms with van der Waals surface area (Å²) in [7, 11) is 5.86. The number of carbonyl (C=O) groups excluding carboxylic acids is 4. The standard InChI is InChI=1S/C18H22FN3O.C17H18FN3O.2C12H11FIN3O.C6H12.C5H8.2CH3I/c1-4-5-6-7-10-14-11-8-9-12-15(14)20-18(23)16-13(2)21-22(3)17(16)19;1-4-5-6-9-13-10-7-8-11-14(13)19-17(22)15-12(2)20-21(3)16(15)18;2*1-7-10(11(13)17(2)16-7)12(18)15-9-6-4-3-5-8(9)14;1-3-5-6-4-2;1-3-5-4-2;2*1-2/h7-12H,4-6H2,1-3H3,(H,20,23);7-8,10-11H,4-5H2,1-3H3,(H,19,22);2*3-6H,1-2H3,(H,15,18);3H,1,4-6H2,2H3;1H,4-5H2,2H3;2*1H3. The molecule has 4 aromatic heterocycles. The summed E-state index contributed by atoms with van der Waals surface area (Å²) in [5.41, 5.74) is 5.54. The van der Waals surface area contributed by atoms with Gasteiger partial charge in [0.15, 0.2) is 0 Å². The molecule has 4 amide bonds. The van der Waals surface area contributed by atoms with E-state index < -0.39 is 47.4 Å². The number of anilines is 4. The fourth-order valence-electron chi connectivity index (χ4n) is 8.18. The van der Waals surface area contributed by atoms with Gasteiger partial charge < -0.3 is 21.3 Å². The number of para-hydroxylation sites is 4. The Hall–Kier alpha value is -7.16. The molecule has 0 bridgehead atoms. The normalized spacial score (nSPS) is 9.84. The van der Waals surface area contributed by atoms with Crippen LogP contribution in [0.25, 0.3) is 6.08 Å². The van der Waals surface area contributed by atoms with Gasteiger partial charge >= 0.3 is 0 Å². The number of halogens is 8. The third-order valence-electron chi connectivity index (χ3n) is 12.9. The lowest BCUT2D eigenvalue weighted by atomic mass is 10.1. The highest BCUT2D eigenvalue weighted by atomic mass is 127. The van der Waals surface area contributed by atoms with Crippen molar-refractivity contribution < 1.29 is 36.7 Å². The van der Waals surface area contributed by atoms with Crippen LogP contribution in [0.5, 0.6) is 0 Å². The maximum atomic E-state index is 14.0. The highest BCUT2D eigenvalue weighted by Crippen LogP contribution is 2.24. The summed E-state index contributed by atoms with van der Waals surface area (Å²) in [6, 6.07) is 29.3. The number of nitrogens with zero attached hydrogens (tertiary/aromatic N) is 8. The van der Waals surface area contributed by atoms with E-state index in [-0.39, 0.29) is 22.3 Å². The molecule has 4 heterocycles. The number of unbranched alkanes of at least 4 members (excludes halogenated alkanes) is 6. The lowest BCUT2D eigenvalue weighted by molar-refractivity contribution is 0.101. The fourth-order valence-corrected chi connectivity index (χ4v) is 9.23. The number of aryl methyl sites for hydroxylation is 8. The molecule has 8 rings (SSSR count). The first-order chi connectivity index (χ1) is 45.9. The van der Waals surface area contributed by atoms with Crippen LogP contribution >= 0.6 is 90.4 Å². The average molecular weight is 1770 g/mol. The van der Waals surface area contributed by atoms with E-state index in [0.29, 0.717) is 51.1 Å². The van der Waals surface area contributed by atoms with Crippen molar-refractivity contribution in [3.8, 4) is 24.2 Å². The van der Waals surface area contributed by atoms with Crippen LogP contribution in [0.15, 0.2) is 116 Å². The van der Waals surface area contributed by atoms with E-state index in [0.717, 1.165) is 76.4 Å². The molecule has 96 heavy (non-hydrogen) atoms. The molecule has 0 unspecified atom stereocenters. The SMILES string of the molecule is C#CCCC.C=CCCCC.CCCC#Cc1ccccc1NC(=O)c1c(C)nn(C)c1F.CCCCC=Cc1ccccc1NC(=O)c1c(C)nn(C)c1F.CI.CI.Cc1nn(C)c(F)c1C(=O)Nc1ccccc1I.Cc1nn(C)c(F)c1C(=O)Nc1ccccc1I. The highest BCUT2D eigenvalue weighted by Gasteiger charge is 2.24. The van der Waals surface area contributed by atoms with Gasteiger partial charge in [0.05, 0.1) is 39.8 Å². The molecule has 0 aliphatic carbocycles. The van der Waals surface area contributed by atoms with Crippen LogP contribution in [0.2, 0.25) is 0 Å². The number of hydrogen-bond donors (Lipinski definition) is 4. The molecular formula is C72H88F4I4N12O4. The number of hydrogen-bond acceptors (Lipinski definition) is 8. The van der Waals surface area contributed by atoms with Gasteiger partial charge in [-0.25, -0.2) is 18.7 Å². The summed E-state index contributed by atoms with van der Waals surface area (Å²) in [5, 5.41) is 26.4. The molecule has 8 aromatic rings. The van der Waals surface area contributed by atoms with Crippen molar-refractivity contribution in [3.05, 3.63) is 203 Å². The summed E-state index contributed by atoms with van der Waals surface area (Å²) in [4.78, 5) is 52.6. The van der Waals surface area contributed by atoms with E-state index in [9.17, 15) is 36.7 Å². The zero-order chi connectivity index (χ0) is 72.5. The van der Waals surface area contributed by atoms with Gasteiger partial charge in [0.2, 0.25) is 23.8 Å². The van der Waals surface area contributed by atoms with Crippen molar-refractivity contribution in [1.82, 2.24) is 39.1 Å². The molecule has 0 saturated carbocycles. The fraction of sp³-hybridized carbons (Fsp3) is 0.333. The first-order valence-corrected chi connectivity index (χ1v) is 37.0. The van der Waals surface area contributed by atoms with E-state index in [2.05, 4.69) is 190 Å². The third kappa shape index (κ3) is 28.9. The van der Waals surface area contributed by atoms with Gasteiger partial charge in [-0.2, -0.15) is 38.0 Å². The van der Waals surface area contributed by atoms with Gasteiger partial charge in [0.1, 0.15) is 22.3 Å². The van der Waals surface area contributed by atoms with E-state index >= 15 is 0 Å². The molecule has 24 heteroatoms. The van der Waals surface area contributed by atoms with Crippen LogP contribution in [0.1, 0.15) is 167 Å². The Balaban J connectivity index is 0.000000599. The summed E-state index contributed by atoms with van der Waals surface area (Å²) in [6.07, 6.45) is 21.7. The topological polar surface area (TPSA) is 188 Å². The van der Waals surface area contributed by atoms with Crippen LogP contribution < -0.4 is 21.3 Å². The maximum absolute atomic E-state index is 14.0. The lowest BCUT2D eigenvalue weighted by Crippen LogP contribution is -2.15. The number of benzene rings is 4. The number of nitrogens with one attached hydrogen (secondary N) is 4. The molecule has 0 spiro atoms. The van der Waals surface area contributed by atoms with Gasteiger partial charge in [-0.15, -0.1) is 18.9 Å². The van der Waals surface area contributed by atoms with Crippen molar-refractivity contribution in [2.24, 2.45) is 28.2 Å². The van der Waals surface area contributed by atoms with Gasteiger partial charge in [-0.3, -0.25) is 19.2 Å². The Bertz CT molecular complexity index is 3790. The van der Waals surface area contributed by atoms with Gasteiger partial charge in [-0.05, 0) is 156 Å². The molecule has 0 fully saturated rings. The highest BCUT2D eigenvalue weighted by molar-refractivity contribution is 14.1. The minimum Gasteiger partial charge on any atom is -0.321 e. The molecule has 0 radical (unpaired) electrons. The second-order valence-corrected chi connectivity index (χ2v) is 22.7. The van der Waals surface area contributed by atoms with Gasteiger partial charge in [-0.1, -0.05) is 183 Å². The van der Waals surface area contributed by atoms with E-state index in [1.165, 1.54) is 47.5 Å². The molecule has 4 aromatic carbocycles. The summed E-state index contributed by atoms with van der Waals surface area (Å²) < 4.78 is 61.4. The smallest absolute Gasteiger partial charge is 0.262 e. The van der Waals surface area contributed by atoms with Crippen LogP contribution in [0.3, 0.4) is 0 Å². The number of amides is 4. The zero-order valence-electron chi connectivity index (χ0n) is 57.1. The molecule has 0 saturated heterocycles. The Labute approximate surface area is 619 Å². The zero-order valence-corrected chi connectivity index (χ0v) is 65.7. The average Bonchev–Trinajstić information content (AvgIpc) is 1.71. The van der Waals surface area contributed by atoms with Gasteiger partial charge in [0, 0.05) is 59.4 Å². The number of terminal acetylenes is 1. The number of aromatic nitrogens is 8. The molecule has 0 aliphatic rings. The third-order valence-corrected chi connectivity index (χ3v) is 14.8. The van der Waals surface area contributed by atoms with E-state index in [1.54, 1.807) is 58.0 Å². The predicted octanol–water partition coefficient (Wildman–Crippen LogP) is 18.9. The Morgan fingerprint density at radius 1 is 0.490 bits per heavy atom. The van der Waals surface area contributed by atoms with Crippen molar-refractivity contribution in [2.45, 2.75) is 120 Å². The molecule has 16 nitrogen and oxygen atoms in total. The van der Waals surface area contributed by atoms with Crippen LogP contribution in [-0.2, 0) is 28.2 Å². The maximum Gasteiger partial charge on any atom is 0.262 e. The minimum absolute atomic E-state index is 0.0164. The minimum atomic E-state index is -0.649. The summed E-state index contributed by atoms with van der Waals surface area (Å²) >= 11 is 8.51. The molecule has 4 N–H and O–H groups in total. The van der Waals surface area contributed by atoms with E-state index in [4.69, 9.17) is 6.42 Å². The Morgan fingerprint density at radius 2 is 0.812 bits per heavy atom. The first kappa shape index (κ1) is 86.9. The van der Waals surface area contributed by atoms with Crippen molar-refractivity contribution in [2.75, 3.05) is 31.1 Å². The second-order valence-electron chi connectivity index (χ2n) is 20.4.